The third-order valence-electron chi connectivity index (χ3n) is 2.89. The van der Waals surface area contributed by atoms with Crippen LogP contribution in [0.4, 0.5) is 0 Å². The van der Waals surface area contributed by atoms with Gasteiger partial charge in [-0.05, 0) is 19.8 Å². The summed E-state index contributed by atoms with van der Waals surface area (Å²) in [5.74, 6) is 1.02. The minimum atomic E-state index is -0.233. The molecule has 0 N–H and O–H groups in total. The number of carbonyl (C=O) groups excluding carboxylic acids is 2. The maximum absolute atomic E-state index is 11.3. The Morgan fingerprint density at radius 2 is 1.25 bits per heavy atom. The topological polar surface area (TPSA) is 46.6 Å². The third kappa shape index (κ3) is 19.1. The average molecular weight is 346 g/mol. The van der Waals surface area contributed by atoms with Gasteiger partial charge < -0.3 is 9.64 Å². The van der Waals surface area contributed by atoms with Crippen LogP contribution in [0.5, 0.6) is 0 Å². The van der Waals surface area contributed by atoms with Gasteiger partial charge >= 0.3 is 0 Å². The maximum Gasteiger partial charge on any atom is 0.227 e. The SMILES string of the molecule is CC(C)CC(=O)C(C)(C)C.CCOCC.CN(C)C(=O)C(C)(C)C. The molecule has 0 aromatic rings. The zero-order chi connectivity index (χ0) is 20.1. The summed E-state index contributed by atoms with van der Waals surface area (Å²) in [5, 5.41) is 0. The van der Waals surface area contributed by atoms with E-state index in [-0.39, 0.29) is 16.7 Å². The number of hydrogen-bond acceptors (Lipinski definition) is 3. The van der Waals surface area contributed by atoms with E-state index in [1.165, 1.54) is 0 Å². The molecule has 0 radical (unpaired) electrons. The molecule has 0 unspecified atom stereocenters. The molecule has 0 rings (SSSR count). The molecule has 0 aliphatic heterocycles. The Hall–Kier alpha value is -0.900. The van der Waals surface area contributed by atoms with Gasteiger partial charge in [-0.1, -0.05) is 55.4 Å². The molecule has 0 aromatic carbocycles. The van der Waals surface area contributed by atoms with Crippen molar-refractivity contribution in [1.82, 2.24) is 4.90 Å². The molecule has 0 saturated carbocycles. The summed E-state index contributed by atoms with van der Waals surface area (Å²) < 4.78 is 4.83. The number of carbonyl (C=O) groups is 2. The highest BCUT2D eigenvalue weighted by atomic mass is 16.5. The van der Waals surface area contributed by atoms with Gasteiger partial charge in [0.15, 0.2) is 0 Å². The third-order valence-corrected chi connectivity index (χ3v) is 2.89. The van der Waals surface area contributed by atoms with E-state index in [1.54, 1.807) is 19.0 Å². The van der Waals surface area contributed by atoms with Crippen LogP contribution >= 0.6 is 0 Å². The van der Waals surface area contributed by atoms with Crippen LogP contribution in [0.2, 0.25) is 0 Å². The van der Waals surface area contributed by atoms with E-state index in [2.05, 4.69) is 13.8 Å². The van der Waals surface area contributed by atoms with Crippen molar-refractivity contribution in [1.29, 1.82) is 0 Å². The molecule has 0 saturated heterocycles. The minimum Gasteiger partial charge on any atom is -0.382 e. The molecule has 0 heterocycles. The van der Waals surface area contributed by atoms with Crippen molar-refractivity contribution in [3.63, 3.8) is 0 Å². The number of hydrogen-bond donors (Lipinski definition) is 0. The largest absolute Gasteiger partial charge is 0.382 e. The molecule has 0 spiro atoms. The summed E-state index contributed by atoms with van der Waals surface area (Å²) in [6.45, 7) is 21.5. The van der Waals surface area contributed by atoms with E-state index < -0.39 is 0 Å². The van der Waals surface area contributed by atoms with Crippen molar-refractivity contribution in [2.24, 2.45) is 16.7 Å². The van der Waals surface area contributed by atoms with E-state index >= 15 is 0 Å². The number of ketones is 1. The summed E-state index contributed by atoms with van der Waals surface area (Å²) in [6.07, 6.45) is 0.712. The predicted octanol–water partition coefficient (Wildman–Crippen LogP) is 4.81. The van der Waals surface area contributed by atoms with Crippen molar-refractivity contribution >= 4 is 11.7 Å². The van der Waals surface area contributed by atoms with Crippen LogP contribution in [0.1, 0.15) is 75.7 Å². The first kappa shape index (κ1) is 27.9. The van der Waals surface area contributed by atoms with Crippen molar-refractivity contribution in [2.45, 2.75) is 75.7 Å². The molecule has 0 bridgehead atoms. The molecule has 0 aliphatic rings. The molecule has 24 heavy (non-hydrogen) atoms. The zero-order valence-electron chi connectivity index (χ0n) is 18.4. The summed E-state index contributed by atoms with van der Waals surface area (Å²) in [4.78, 5) is 24.0. The van der Waals surface area contributed by atoms with Crippen molar-refractivity contribution in [3.05, 3.63) is 0 Å². The van der Waals surface area contributed by atoms with Crippen molar-refractivity contribution in [3.8, 4) is 0 Å². The first-order valence-electron chi connectivity index (χ1n) is 8.93. The van der Waals surface area contributed by atoms with Crippen LogP contribution in [-0.2, 0) is 14.3 Å². The Balaban J connectivity index is -0.000000291. The normalized spacial score (nSPS) is 11.0. The summed E-state index contributed by atoms with van der Waals surface area (Å²) in [6, 6.07) is 0. The molecule has 4 heteroatoms. The van der Waals surface area contributed by atoms with E-state index in [9.17, 15) is 9.59 Å². The lowest BCUT2D eigenvalue weighted by Crippen LogP contribution is -2.33. The van der Waals surface area contributed by atoms with Gasteiger partial charge in [0, 0.05) is 44.6 Å². The fourth-order valence-electron chi connectivity index (χ4n) is 1.55. The maximum atomic E-state index is 11.3. The number of ether oxygens (including phenoxy) is 1. The van der Waals surface area contributed by atoms with E-state index in [4.69, 9.17) is 4.74 Å². The lowest BCUT2D eigenvalue weighted by molar-refractivity contribution is -0.136. The van der Waals surface area contributed by atoms with Gasteiger partial charge in [0.2, 0.25) is 5.91 Å². The second-order valence-electron chi connectivity index (χ2n) is 8.50. The van der Waals surface area contributed by atoms with Crippen LogP contribution in [0.3, 0.4) is 0 Å². The van der Waals surface area contributed by atoms with Crippen LogP contribution in [0.25, 0.3) is 0 Å². The Morgan fingerprint density at radius 1 is 0.875 bits per heavy atom. The first-order chi connectivity index (χ1) is 10.6. The Bertz CT molecular complexity index is 332. The van der Waals surface area contributed by atoms with Gasteiger partial charge in [-0.15, -0.1) is 0 Å². The van der Waals surface area contributed by atoms with Crippen molar-refractivity contribution < 1.29 is 14.3 Å². The molecular weight excluding hydrogens is 302 g/mol. The highest BCUT2D eigenvalue weighted by Gasteiger charge is 2.22. The standard InChI is InChI=1S/C9H18O.C7H15NO.C4H10O/c1-7(2)6-8(10)9(3,4)5;1-7(2,3)6(9)8(4)5;1-3-5-4-2/h7H,6H2,1-5H3;1-5H3;3-4H2,1-2H3. The molecule has 0 fully saturated rings. The lowest BCUT2D eigenvalue weighted by atomic mass is 9.86. The Labute approximate surface area is 151 Å². The summed E-state index contributed by atoms with van der Waals surface area (Å²) in [5.41, 5.74) is -0.381. The average Bonchev–Trinajstić information content (AvgIpc) is 2.37. The van der Waals surface area contributed by atoms with E-state index in [1.807, 2.05) is 55.4 Å². The highest BCUT2D eigenvalue weighted by molar-refractivity contribution is 5.83. The quantitative estimate of drug-likeness (QED) is 0.734. The van der Waals surface area contributed by atoms with Crippen LogP contribution in [0.15, 0.2) is 0 Å². The van der Waals surface area contributed by atoms with Crippen LogP contribution in [0, 0.1) is 16.7 Å². The van der Waals surface area contributed by atoms with Gasteiger partial charge in [0.25, 0.3) is 0 Å². The predicted molar refractivity (Wildman–Crippen MR) is 104 cm³/mol. The Morgan fingerprint density at radius 3 is 1.29 bits per heavy atom. The van der Waals surface area contributed by atoms with Gasteiger partial charge in [0.05, 0.1) is 0 Å². The second kappa shape index (κ2) is 13.4. The second-order valence-corrected chi connectivity index (χ2v) is 8.50. The number of Topliss-reactive ketones (excluding diaryl/α,β-unsaturated/α-hetero) is 1. The fraction of sp³-hybridized carbons (Fsp3) is 0.900. The number of nitrogens with zero attached hydrogens (tertiary/aromatic N) is 1. The molecule has 0 aromatic heterocycles. The Kier molecular flexibility index (Phi) is 15.6. The highest BCUT2D eigenvalue weighted by Crippen LogP contribution is 2.19. The smallest absolute Gasteiger partial charge is 0.227 e. The lowest BCUT2D eigenvalue weighted by Gasteiger charge is -2.21. The van der Waals surface area contributed by atoms with E-state index in [0.29, 0.717) is 18.1 Å². The van der Waals surface area contributed by atoms with Crippen molar-refractivity contribution in [2.75, 3.05) is 27.3 Å². The van der Waals surface area contributed by atoms with Crippen LogP contribution in [-0.4, -0.2) is 43.9 Å². The fourth-order valence-corrected chi connectivity index (χ4v) is 1.55. The molecular formula is C20H43NO3. The molecule has 4 nitrogen and oxygen atoms in total. The minimum absolute atomic E-state index is 0.149. The van der Waals surface area contributed by atoms with Gasteiger partial charge in [-0.3, -0.25) is 9.59 Å². The number of rotatable bonds is 4. The first-order valence-corrected chi connectivity index (χ1v) is 8.93. The monoisotopic (exact) mass is 345 g/mol. The van der Waals surface area contributed by atoms with Gasteiger partial charge in [-0.2, -0.15) is 0 Å². The van der Waals surface area contributed by atoms with Gasteiger partial charge in [0.1, 0.15) is 5.78 Å². The van der Waals surface area contributed by atoms with E-state index in [0.717, 1.165) is 13.2 Å². The molecule has 0 aliphatic carbocycles. The number of amides is 1. The van der Waals surface area contributed by atoms with Gasteiger partial charge in [-0.25, -0.2) is 0 Å². The molecule has 146 valence electrons. The molecule has 1 amide bonds. The summed E-state index contributed by atoms with van der Waals surface area (Å²) in [7, 11) is 3.54. The van der Waals surface area contributed by atoms with Crippen LogP contribution < -0.4 is 0 Å². The zero-order valence-corrected chi connectivity index (χ0v) is 18.4. The molecule has 0 atom stereocenters. The summed E-state index contributed by atoms with van der Waals surface area (Å²) >= 11 is 0.